The Kier molecular flexibility index (Phi) is 3.07. The number of carbonyl (C=O) groups is 1. The normalized spacial score (nSPS) is 17.7. The van der Waals surface area contributed by atoms with Crippen molar-refractivity contribution in [3.8, 4) is 0 Å². The van der Waals surface area contributed by atoms with Crippen LogP contribution in [0.2, 0.25) is 0 Å². The molecule has 0 saturated heterocycles. The molecule has 4 nitrogen and oxygen atoms in total. The first-order valence-corrected chi connectivity index (χ1v) is 6.22. The molecule has 1 aromatic carbocycles. The Hall–Kier alpha value is -1.55. The van der Waals surface area contributed by atoms with Crippen molar-refractivity contribution >= 4 is 17.3 Å². The smallest absolute Gasteiger partial charge is 0.249 e. The topological polar surface area (TPSA) is 52.6 Å². The lowest BCUT2D eigenvalue weighted by Gasteiger charge is -2.46. The van der Waals surface area contributed by atoms with Crippen molar-refractivity contribution in [1.82, 2.24) is 0 Å². The minimum Gasteiger partial charge on any atom is -0.392 e. The lowest BCUT2D eigenvalue weighted by molar-refractivity contribution is -0.120. The number of hydrogen-bond donors (Lipinski definition) is 2. The fourth-order valence-corrected chi connectivity index (χ4v) is 2.60. The lowest BCUT2D eigenvalue weighted by Crippen LogP contribution is -2.58. The Morgan fingerprint density at radius 3 is 2.61 bits per heavy atom. The molecule has 2 N–H and O–H groups in total. The molecule has 2 rings (SSSR count). The summed E-state index contributed by atoms with van der Waals surface area (Å²) in [6.45, 7) is 7.97. The summed E-state index contributed by atoms with van der Waals surface area (Å²) in [6, 6.07) is 5.91. The highest BCUT2D eigenvalue weighted by Crippen LogP contribution is 2.38. The highest BCUT2D eigenvalue weighted by atomic mass is 16.3. The van der Waals surface area contributed by atoms with Crippen LogP contribution in [0.15, 0.2) is 18.2 Å². The van der Waals surface area contributed by atoms with E-state index >= 15 is 0 Å². The zero-order chi connectivity index (χ0) is 13.5. The van der Waals surface area contributed by atoms with E-state index in [0.717, 1.165) is 16.9 Å². The largest absolute Gasteiger partial charge is 0.392 e. The number of nitrogens with zero attached hydrogens (tertiary/aromatic N) is 1. The molecule has 0 bridgehead atoms. The summed E-state index contributed by atoms with van der Waals surface area (Å²) in [5.74, 6) is -0.0150. The van der Waals surface area contributed by atoms with E-state index in [9.17, 15) is 4.79 Å². The molecule has 1 aromatic rings. The highest BCUT2D eigenvalue weighted by molar-refractivity contribution is 6.06. The van der Waals surface area contributed by atoms with E-state index in [0.29, 0.717) is 0 Å². The van der Waals surface area contributed by atoms with Crippen molar-refractivity contribution in [3.05, 3.63) is 23.8 Å². The Morgan fingerprint density at radius 1 is 1.39 bits per heavy atom. The highest BCUT2D eigenvalue weighted by Gasteiger charge is 2.41. The third-order valence-electron chi connectivity index (χ3n) is 3.43. The van der Waals surface area contributed by atoms with E-state index in [1.54, 1.807) is 0 Å². The first kappa shape index (κ1) is 12.9. The van der Waals surface area contributed by atoms with Crippen LogP contribution in [0, 0.1) is 0 Å². The second-order valence-corrected chi connectivity index (χ2v) is 5.49. The monoisotopic (exact) mass is 248 g/mol. The maximum atomic E-state index is 12.2. The van der Waals surface area contributed by atoms with Crippen LogP contribution in [0.1, 0.15) is 33.3 Å². The van der Waals surface area contributed by atoms with E-state index in [2.05, 4.69) is 24.1 Å². The predicted octanol–water partition coefficient (Wildman–Crippen LogP) is 2.12. The number of rotatable bonds is 2. The van der Waals surface area contributed by atoms with Crippen LogP contribution >= 0.6 is 0 Å². The summed E-state index contributed by atoms with van der Waals surface area (Å²) in [5, 5.41) is 12.1. The van der Waals surface area contributed by atoms with Crippen molar-refractivity contribution in [2.75, 3.05) is 10.2 Å². The minimum absolute atomic E-state index is 0.0150. The summed E-state index contributed by atoms with van der Waals surface area (Å²) in [7, 11) is 0. The quantitative estimate of drug-likeness (QED) is 0.843. The van der Waals surface area contributed by atoms with Gasteiger partial charge in [-0.2, -0.15) is 0 Å². The number of fused-ring (bicyclic) bond motifs is 1. The molecule has 0 spiro atoms. The molecule has 1 aliphatic rings. The number of anilines is 2. The predicted molar refractivity (Wildman–Crippen MR) is 72.7 cm³/mol. The van der Waals surface area contributed by atoms with Gasteiger partial charge < -0.3 is 15.3 Å². The van der Waals surface area contributed by atoms with E-state index in [4.69, 9.17) is 5.11 Å². The molecule has 4 heteroatoms. The second-order valence-electron chi connectivity index (χ2n) is 5.49. The molecule has 0 aromatic heterocycles. The number of carbonyl (C=O) groups excluding carboxylic acids is 1. The third kappa shape index (κ3) is 1.86. The van der Waals surface area contributed by atoms with Crippen molar-refractivity contribution in [2.45, 2.75) is 45.9 Å². The summed E-state index contributed by atoms with van der Waals surface area (Å²) in [6.07, 6.45) is 0. The molecule has 1 aliphatic heterocycles. The van der Waals surface area contributed by atoms with Gasteiger partial charge in [0.05, 0.1) is 18.0 Å². The fraction of sp³-hybridized carbons (Fsp3) is 0.500. The SMILES string of the molecule is CC(C)N1c2ccc(CO)cc2NC(=O)C1(C)C. The van der Waals surface area contributed by atoms with Gasteiger partial charge in [-0.1, -0.05) is 6.07 Å². The Balaban J connectivity index is 2.56. The molecule has 98 valence electrons. The van der Waals surface area contributed by atoms with Crippen molar-refractivity contribution in [2.24, 2.45) is 0 Å². The lowest BCUT2D eigenvalue weighted by atomic mass is 9.94. The number of nitrogens with one attached hydrogen (secondary N) is 1. The average molecular weight is 248 g/mol. The standard InChI is InChI=1S/C14H20N2O2/c1-9(2)16-12-6-5-10(8-17)7-11(12)15-13(18)14(16,3)4/h5-7,9,17H,8H2,1-4H3,(H,15,18). The van der Waals surface area contributed by atoms with E-state index in [1.807, 2.05) is 32.0 Å². The molecule has 18 heavy (non-hydrogen) atoms. The zero-order valence-electron chi connectivity index (χ0n) is 11.3. The van der Waals surface area contributed by atoms with Gasteiger partial charge in [-0.05, 0) is 45.4 Å². The molecule has 0 radical (unpaired) electrons. The first-order chi connectivity index (χ1) is 8.37. The van der Waals surface area contributed by atoms with Crippen molar-refractivity contribution < 1.29 is 9.90 Å². The van der Waals surface area contributed by atoms with Crippen LogP contribution < -0.4 is 10.2 Å². The van der Waals surface area contributed by atoms with Crippen LogP contribution in [0.3, 0.4) is 0 Å². The minimum atomic E-state index is -0.568. The Morgan fingerprint density at radius 2 is 2.06 bits per heavy atom. The molecule has 1 amide bonds. The Labute approximate surface area is 108 Å². The van der Waals surface area contributed by atoms with Gasteiger partial charge in [0.25, 0.3) is 0 Å². The molecule has 1 heterocycles. The second kappa shape index (κ2) is 4.28. The van der Waals surface area contributed by atoms with Crippen molar-refractivity contribution in [1.29, 1.82) is 0 Å². The Bertz CT molecular complexity index is 481. The molecule has 0 fully saturated rings. The third-order valence-corrected chi connectivity index (χ3v) is 3.43. The summed E-state index contributed by atoms with van der Waals surface area (Å²) < 4.78 is 0. The average Bonchev–Trinajstić information content (AvgIpc) is 2.29. The van der Waals surface area contributed by atoms with Gasteiger partial charge in [-0.25, -0.2) is 0 Å². The number of hydrogen-bond acceptors (Lipinski definition) is 3. The maximum absolute atomic E-state index is 12.2. The van der Waals surface area contributed by atoms with Gasteiger partial charge in [0.15, 0.2) is 0 Å². The number of amides is 1. The molecule has 0 aliphatic carbocycles. The van der Waals surface area contributed by atoms with Gasteiger partial charge in [-0.15, -0.1) is 0 Å². The molecule has 0 unspecified atom stereocenters. The van der Waals surface area contributed by atoms with Gasteiger partial charge in [-0.3, -0.25) is 4.79 Å². The fourth-order valence-electron chi connectivity index (χ4n) is 2.60. The van der Waals surface area contributed by atoms with Crippen molar-refractivity contribution in [3.63, 3.8) is 0 Å². The molecule has 0 atom stereocenters. The number of aliphatic hydroxyl groups excluding tert-OH is 1. The van der Waals surface area contributed by atoms with E-state index < -0.39 is 5.54 Å². The van der Waals surface area contributed by atoms with Crippen LogP contribution in [0.5, 0.6) is 0 Å². The van der Waals surface area contributed by atoms with Crippen LogP contribution in [-0.4, -0.2) is 22.6 Å². The maximum Gasteiger partial charge on any atom is 0.249 e. The molecular formula is C14H20N2O2. The zero-order valence-corrected chi connectivity index (χ0v) is 11.3. The van der Waals surface area contributed by atoms with Crippen LogP contribution in [0.25, 0.3) is 0 Å². The molecule has 0 saturated carbocycles. The molecular weight excluding hydrogens is 228 g/mol. The summed E-state index contributed by atoms with van der Waals surface area (Å²) in [4.78, 5) is 14.3. The van der Waals surface area contributed by atoms with E-state index in [-0.39, 0.29) is 18.6 Å². The number of benzene rings is 1. The van der Waals surface area contributed by atoms with Crippen LogP contribution in [0.4, 0.5) is 11.4 Å². The van der Waals surface area contributed by atoms with Gasteiger partial charge >= 0.3 is 0 Å². The van der Waals surface area contributed by atoms with Gasteiger partial charge in [0, 0.05) is 6.04 Å². The van der Waals surface area contributed by atoms with Crippen LogP contribution in [-0.2, 0) is 11.4 Å². The summed E-state index contributed by atoms with van der Waals surface area (Å²) in [5.41, 5.74) is 2.02. The summed E-state index contributed by atoms with van der Waals surface area (Å²) >= 11 is 0. The van der Waals surface area contributed by atoms with Gasteiger partial charge in [0.2, 0.25) is 5.91 Å². The first-order valence-electron chi connectivity index (χ1n) is 6.22. The van der Waals surface area contributed by atoms with Gasteiger partial charge in [0.1, 0.15) is 5.54 Å². The number of aliphatic hydroxyl groups is 1. The van der Waals surface area contributed by atoms with E-state index in [1.165, 1.54) is 0 Å².